The average molecular weight is 470 g/mol. The number of nitrogens with one attached hydrogen (secondary N) is 1. The van der Waals surface area contributed by atoms with Gasteiger partial charge in [0.15, 0.2) is 0 Å². The van der Waals surface area contributed by atoms with Gasteiger partial charge in [-0.3, -0.25) is 10.1 Å². The van der Waals surface area contributed by atoms with Gasteiger partial charge in [-0.25, -0.2) is 8.42 Å². The topological polar surface area (TPSA) is 118 Å². The summed E-state index contributed by atoms with van der Waals surface area (Å²) < 4.78 is 25.7. The molecule has 32 heavy (non-hydrogen) atoms. The molecule has 3 rings (SSSR count). The zero-order valence-electron chi connectivity index (χ0n) is 18.2. The summed E-state index contributed by atoms with van der Waals surface area (Å²) in [4.78, 5) is 12.6. The van der Waals surface area contributed by atoms with Crippen LogP contribution in [0.2, 0.25) is 0 Å². The number of nitrogens with zero attached hydrogens (tertiary/aromatic N) is 4. The lowest BCUT2D eigenvalue weighted by molar-refractivity contribution is -0.112. The summed E-state index contributed by atoms with van der Waals surface area (Å²) in [6, 6.07) is 12.1. The summed E-state index contributed by atoms with van der Waals surface area (Å²) in [6.07, 6.45) is 2.47. The molecule has 0 spiro atoms. The van der Waals surface area contributed by atoms with Crippen molar-refractivity contribution in [3.8, 4) is 11.8 Å². The first-order valence-corrected chi connectivity index (χ1v) is 12.4. The van der Waals surface area contributed by atoms with Gasteiger partial charge < -0.3 is 4.57 Å². The number of anilines is 1. The molecule has 1 N–H and O–H groups in total. The zero-order chi connectivity index (χ0) is 23.5. The van der Waals surface area contributed by atoms with E-state index in [1.807, 2.05) is 38.1 Å². The standard InChI is InChI=1S/C22H23N5O3S2/c1-5-16-7-9-19(10-8-16)27-14(3)11-17(15(27)4)12-18(13-23)20(28)24-21-25-26-22(31-21)32(29,30)6-2/h7-12H,5-6H2,1-4H3,(H,24,25,28)/b18-12-. The minimum absolute atomic E-state index is 0.0182. The molecular formula is C22H23N5O3S2. The van der Waals surface area contributed by atoms with Crippen LogP contribution in [0.5, 0.6) is 0 Å². The minimum Gasteiger partial charge on any atom is -0.318 e. The number of hydrogen-bond acceptors (Lipinski definition) is 7. The molecule has 0 saturated heterocycles. The highest BCUT2D eigenvalue weighted by Crippen LogP contribution is 2.25. The Labute approximate surface area is 191 Å². The minimum atomic E-state index is -3.51. The van der Waals surface area contributed by atoms with Gasteiger partial charge in [0.25, 0.3) is 5.91 Å². The van der Waals surface area contributed by atoms with E-state index in [0.717, 1.165) is 40.4 Å². The van der Waals surface area contributed by atoms with Crippen LogP contribution in [0.15, 0.2) is 40.2 Å². The first kappa shape index (κ1) is 23.4. The number of aromatic nitrogens is 3. The summed E-state index contributed by atoms with van der Waals surface area (Å²) in [5.41, 5.74) is 4.71. The third-order valence-corrected chi connectivity index (χ3v) is 8.03. The SMILES string of the molecule is CCc1ccc(-n2c(C)cc(/C=C(/C#N)C(=O)Nc3nnc(S(=O)(=O)CC)s3)c2C)cc1. The number of benzene rings is 1. The number of hydrogen-bond donors (Lipinski definition) is 1. The van der Waals surface area contributed by atoms with Crippen LogP contribution >= 0.6 is 11.3 Å². The third-order valence-electron chi connectivity index (χ3n) is 5.01. The van der Waals surface area contributed by atoms with Gasteiger partial charge in [-0.1, -0.05) is 37.3 Å². The van der Waals surface area contributed by atoms with Crippen LogP contribution in [0, 0.1) is 25.2 Å². The van der Waals surface area contributed by atoms with Gasteiger partial charge in [-0.2, -0.15) is 5.26 Å². The summed E-state index contributed by atoms with van der Waals surface area (Å²) in [6.45, 7) is 7.48. The molecule has 8 nitrogen and oxygen atoms in total. The third kappa shape index (κ3) is 4.79. The molecule has 0 radical (unpaired) electrons. The molecule has 0 aliphatic heterocycles. The van der Waals surface area contributed by atoms with Crippen LogP contribution in [0.4, 0.5) is 5.13 Å². The lowest BCUT2D eigenvalue weighted by Crippen LogP contribution is -2.13. The van der Waals surface area contributed by atoms with Crippen molar-refractivity contribution in [2.45, 2.75) is 38.5 Å². The molecule has 1 aromatic carbocycles. The van der Waals surface area contributed by atoms with Crippen LogP contribution in [0.25, 0.3) is 11.8 Å². The summed E-state index contributed by atoms with van der Waals surface area (Å²) in [5.74, 6) is -0.795. The van der Waals surface area contributed by atoms with Gasteiger partial charge in [0.2, 0.25) is 19.3 Å². The Morgan fingerprint density at radius 3 is 2.50 bits per heavy atom. The summed E-state index contributed by atoms with van der Waals surface area (Å²) in [5, 5.41) is 19.3. The fraction of sp³-hybridized carbons (Fsp3) is 0.273. The molecule has 0 fully saturated rings. The fourth-order valence-electron chi connectivity index (χ4n) is 3.19. The molecule has 2 heterocycles. The largest absolute Gasteiger partial charge is 0.318 e. The Kier molecular flexibility index (Phi) is 6.91. The Bertz CT molecular complexity index is 1330. The molecule has 0 saturated carbocycles. The van der Waals surface area contributed by atoms with Crippen molar-refractivity contribution in [2.24, 2.45) is 0 Å². The summed E-state index contributed by atoms with van der Waals surface area (Å²) >= 11 is 0.754. The van der Waals surface area contributed by atoms with Gasteiger partial charge >= 0.3 is 0 Å². The highest BCUT2D eigenvalue weighted by Gasteiger charge is 2.20. The van der Waals surface area contributed by atoms with E-state index >= 15 is 0 Å². The van der Waals surface area contributed by atoms with E-state index < -0.39 is 15.7 Å². The molecular weight excluding hydrogens is 446 g/mol. The molecule has 0 bridgehead atoms. The maximum absolute atomic E-state index is 12.6. The van der Waals surface area contributed by atoms with E-state index in [9.17, 15) is 18.5 Å². The van der Waals surface area contributed by atoms with Gasteiger partial charge in [0, 0.05) is 17.1 Å². The molecule has 2 aromatic heterocycles. The average Bonchev–Trinajstić information content (AvgIpc) is 3.36. The first-order valence-electron chi connectivity index (χ1n) is 9.97. The van der Waals surface area contributed by atoms with Crippen LogP contribution in [0.1, 0.15) is 36.4 Å². The Hall–Kier alpha value is -3.29. The smallest absolute Gasteiger partial charge is 0.268 e. The monoisotopic (exact) mass is 469 g/mol. The summed E-state index contributed by atoms with van der Waals surface area (Å²) in [7, 11) is -3.51. The normalized spacial score (nSPS) is 11.9. The predicted octanol–water partition coefficient (Wildman–Crippen LogP) is 3.85. The molecule has 0 aliphatic rings. The zero-order valence-corrected chi connectivity index (χ0v) is 19.8. The van der Waals surface area contributed by atoms with Crippen LogP contribution in [0.3, 0.4) is 0 Å². The quantitative estimate of drug-likeness (QED) is 0.319. The maximum atomic E-state index is 12.6. The molecule has 1 amide bonds. The molecule has 3 aromatic rings. The lowest BCUT2D eigenvalue weighted by Gasteiger charge is -2.10. The predicted molar refractivity (Wildman–Crippen MR) is 124 cm³/mol. The Morgan fingerprint density at radius 2 is 1.91 bits per heavy atom. The van der Waals surface area contributed by atoms with Crippen molar-refractivity contribution in [3.63, 3.8) is 0 Å². The highest BCUT2D eigenvalue weighted by atomic mass is 32.2. The van der Waals surface area contributed by atoms with Crippen molar-refractivity contribution in [2.75, 3.05) is 11.1 Å². The lowest BCUT2D eigenvalue weighted by atomic mass is 10.1. The van der Waals surface area contributed by atoms with Crippen LogP contribution in [-0.2, 0) is 21.1 Å². The van der Waals surface area contributed by atoms with Crippen LogP contribution in [-0.4, -0.2) is 34.8 Å². The van der Waals surface area contributed by atoms with E-state index in [4.69, 9.17) is 0 Å². The second kappa shape index (κ2) is 9.46. The molecule has 0 aliphatic carbocycles. The highest BCUT2D eigenvalue weighted by molar-refractivity contribution is 7.93. The van der Waals surface area contributed by atoms with E-state index in [1.54, 1.807) is 0 Å². The fourth-order valence-corrected chi connectivity index (χ4v) is 5.17. The molecule has 0 atom stereocenters. The Morgan fingerprint density at radius 1 is 1.22 bits per heavy atom. The second-order valence-corrected chi connectivity index (χ2v) is 10.5. The number of rotatable bonds is 7. The number of carbonyl (C=O) groups is 1. The maximum Gasteiger partial charge on any atom is 0.268 e. The van der Waals surface area contributed by atoms with E-state index in [1.165, 1.54) is 18.6 Å². The van der Waals surface area contributed by atoms with Crippen molar-refractivity contribution >= 4 is 38.3 Å². The number of sulfone groups is 1. The van der Waals surface area contributed by atoms with E-state index in [2.05, 4.69) is 39.1 Å². The van der Waals surface area contributed by atoms with Gasteiger partial charge in [-0.05, 0) is 55.7 Å². The van der Waals surface area contributed by atoms with Gasteiger partial charge in [0.05, 0.1) is 5.75 Å². The Balaban J connectivity index is 1.88. The van der Waals surface area contributed by atoms with E-state index in [-0.39, 0.29) is 20.8 Å². The van der Waals surface area contributed by atoms with Crippen LogP contribution < -0.4 is 5.32 Å². The molecule has 0 unspecified atom stereocenters. The van der Waals surface area contributed by atoms with Gasteiger partial charge in [-0.15, -0.1) is 10.2 Å². The second-order valence-electron chi connectivity index (χ2n) is 7.08. The van der Waals surface area contributed by atoms with E-state index in [0.29, 0.717) is 0 Å². The molecule has 166 valence electrons. The number of carbonyl (C=O) groups excluding carboxylic acids is 1. The number of aryl methyl sites for hydroxylation is 2. The first-order chi connectivity index (χ1) is 15.2. The van der Waals surface area contributed by atoms with Crippen molar-refractivity contribution in [1.82, 2.24) is 14.8 Å². The molecule has 10 heteroatoms. The van der Waals surface area contributed by atoms with Crippen molar-refractivity contribution < 1.29 is 13.2 Å². The van der Waals surface area contributed by atoms with Crippen molar-refractivity contribution in [1.29, 1.82) is 5.26 Å². The van der Waals surface area contributed by atoms with Gasteiger partial charge in [0.1, 0.15) is 11.6 Å². The number of amides is 1. The van der Waals surface area contributed by atoms with Crippen molar-refractivity contribution in [3.05, 3.63) is 58.4 Å². The number of nitriles is 1.